The second-order valence-corrected chi connectivity index (χ2v) is 5.73. The van der Waals surface area contributed by atoms with E-state index in [9.17, 15) is 0 Å². The van der Waals surface area contributed by atoms with Gasteiger partial charge in [0.05, 0.1) is 0 Å². The van der Waals surface area contributed by atoms with Crippen LogP contribution in [0, 0.1) is 6.92 Å². The van der Waals surface area contributed by atoms with E-state index in [2.05, 4.69) is 51.0 Å². The summed E-state index contributed by atoms with van der Waals surface area (Å²) in [6.45, 7) is 6.59. The fourth-order valence-electron chi connectivity index (χ4n) is 2.97. The van der Waals surface area contributed by atoms with Gasteiger partial charge in [-0.1, -0.05) is 29.8 Å². The lowest BCUT2D eigenvalue weighted by molar-refractivity contribution is 0.189. The van der Waals surface area contributed by atoms with Gasteiger partial charge in [-0.2, -0.15) is 0 Å². The Morgan fingerprint density at radius 1 is 1.05 bits per heavy atom. The van der Waals surface area contributed by atoms with E-state index < -0.39 is 0 Å². The fraction of sp³-hybridized carbons (Fsp3) is 0.412. The van der Waals surface area contributed by atoms with Gasteiger partial charge in [-0.05, 0) is 18.6 Å². The normalized spacial score (nSPS) is 17.5. The first kappa shape index (κ1) is 14.9. The Kier molecular flexibility index (Phi) is 4.65. The molecule has 1 aromatic heterocycles. The lowest BCUT2D eigenvalue weighted by Crippen LogP contribution is -2.49. The summed E-state index contributed by atoms with van der Waals surface area (Å²) in [4.78, 5) is 13.4. The zero-order chi connectivity index (χ0) is 15.4. The molecule has 1 atom stereocenters. The minimum absolute atomic E-state index is 0.291. The third-order valence-corrected chi connectivity index (χ3v) is 4.28. The monoisotopic (exact) mass is 297 g/mol. The lowest BCUT2D eigenvalue weighted by Gasteiger charge is -2.39. The first-order valence-corrected chi connectivity index (χ1v) is 7.80. The summed E-state index contributed by atoms with van der Waals surface area (Å²) in [6.07, 6.45) is 3.59. The quantitative estimate of drug-likeness (QED) is 0.929. The Balaban J connectivity index is 1.65. The van der Waals surface area contributed by atoms with Crippen molar-refractivity contribution in [2.75, 3.05) is 37.6 Å². The van der Waals surface area contributed by atoms with Crippen LogP contribution in [0.4, 0.5) is 5.95 Å². The summed E-state index contributed by atoms with van der Waals surface area (Å²) in [6, 6.07) is 10.8. The Hall–Kier alpha value is -1.98. The molecule has 1 saturated heterocycles. The van der Waals surface area contributed by atoms with Crippen LogP contribution < -0.4 is 10.6 Å². The van der Waals surface area contributed by atoms with E-state index in [1.165, 1.54) is 11.1 Å². The number of hydrogen-bond donors (Lipinski definition) is 1. The minimum atomic E-state index is 0.291. The zero-order valence-electron chi connectivity index (χ0n) is 13.0. The standard InChI is InChI=1S/C17H23N5/c1-14-3-5-15(6-4-14)16(13-18)21-9-11-22(12-10-21)17-19-7-2-8-20-17/h2-8,16H,9-13,18H2,1H3. The molecular formula is C17H23N5. The summed E-state index contributed by atoms with van der Waals surface area (Å²) < 4.78 is 0. The molecule has 0 amide bonds. The van der Waals surface area contributed by atoms with E-state index in [-0.39, 0.29) is 0 Å². The number of nitrogens with two attached hydrogens (primary N) is 1. The molecule has 116 valence electrons. The molecule has 5 heteroatoms. The molecule has 1 aromatic carbocycles. The summed E-state index contributed by atoms with van der Waals surface area (Å²) in [5.74, 6) is 0.821. The zero-order valence-corrected chi connectivity index (χ0v) is 13.0. The molecule has 5 nitrogen and oxygen atoms in total. The lowest BCUT2D eigenvalue weighted by atomic mass is 10.0. The van der Waals surface area contributed by atoms with Crippen molar-refractivity contribution in [2.45, 2.75) is 13.0 Å². The molecule has 0 spiro atoms. The van der Waals surface area contributed by atoms with Gasteiger partial charge < -0.3 is 10.6 Å². The third-order valence-electron chi connectivity index (χ3n) is 4.28. The Morgan fingerprint density at radius 3 is 2.27 bits per heavy atom. The Labute approximate surface area is 131 Å². The average Bonchev–Trinajstić information content (AvgIpc) is 2.59. The smallest absolute Gasteiger partial charge is 0.225 e. The van der Waals surface area contributed by atoms with Crippen LogP contribution in [0.1, 0.15) is 17.2 Å². The highest BCUT2D eigenvalue weighted by Crippen LogP contribution is 2.22. The van der Waals surface area contributed by atoms with E-state index in [1.54, 1.807) is 12.4 Å². The van der Waals surface area contributed by atoms with Gasteiger partial charge in [-0.15, -0.1) is 0 Å². The minimum Gasteiger partial charge on any atom is -0.338 e. The fourth-order valence-corrected chi connectivity index (χ4v) is 2.97. The molecule has 1 unspecified atom stereocenters. The van der Waals surface area contributed by atoms with Gasteiger partial charge in [-0.3, -0.25) is 4.90 Å². The topological polar surface area (TPSA) is 58.3 Å². The summed E-state index contributed by atoms with van der Waals surface area (Å²) >= 11 is 0. The molecule has 1 fully saturated rings. The number of nitrogens with zero attached hydrogens (tertiary/aromatic N) is 4. The SMILES string of the molecule is Cc1ccc(C(CN)N2CCN(c3ncccn3)CC2)cc1. The number of benzene rings is 1. The van der Waals surface area contributed by atoms with Crippen molar-refractivity contribution in [3.05, 3.63) is 53.9 Å². The van der Waals surface area contributed by atoms with E-state index in [4.69, 9.17) is 5.73 Å². The molecule has 3 rings (SSSR count). The van der Waals surface area contributed by atoms with Crippen LogP contribution in [0.15, 0.2) is 42.7 Å². The van der Waals surface area contributed by atoms with Crippen molar-refractivity contribution in [1.82, 2.24) is 14.9 Å². The van der Waals surface area contributed by atoms with E-state index >= 15 is 0 Å². The van der Waals surface area contributed by atoms with Crippen molar-refractivity contribution in [3.63, 3.8) is 0 Å². The summed E-state index contributed by atoms with van der Waals surface area (Å²) in [5.41, 5.74) is 8.63. The molecule has 2 aromatic rings. The van der Waals surface area contributed by atoms with Gasteiger partial charge in [0.25, 0.3) is 0 Å². The molecule has 2 N–H and O–H groups in total. The first-order valence-electron chi connectivity index (χ1n) is 7.80. The molecule has 0 radical (unpaired) electrons. The maximum atomic E-state index is 6.04. The predicted molar refractivity (Wildman–Crippen MR) is 88.8 cm³/mol. The van der Waals surface area contributed by atoms with Crippen LogP contribution in [0.2, 0.25) is 0 Å². The number of hydrogen-bond acceptors (Lipinski definition) is 5. The Morgan fingerprint density at radius 2 is 1.68 bits per heavy atom. The van der Waals surface area contributed by atoms with E-state index in [0.29, 0.717) is 12.6 Å². The highest BCUT2D eigenvalue weighted by atomic mass is 15.3. The summed E-state index contributed by atoms with van der Waals surface area (Å²) in [7, 11) is 0. The third kappa shape index (κ3) is 3.26. The van der Waals surface area contributed by atoms with Crippen LogP contribution in [-0.4, -0.2) is 47.6 Å². The Bertz CT molecular complexity index is 576. The maximum absolute atomic E-state index is 6.04. The second-order valence-electron chi connectivity index (χ2n) is 5.73. The van der Waals surface area contributed by atoms with Crippen molar-refractivity contribution in [2.24, 2.45) is 5.73 Å². The van der Waals surface area contributed by atoms with Crippen molar-refractivity contribution >= 4 is 5.95 Å². The maximum Gasteiger partial charge on any atom is 0.225 e. The molecule has 22 heavy (non-hydrogen) atoms. The summed E-state index contributed by atoms with van der Waals surface area (Å²) in [5, 5.41) is 0. The highest BCUT2D eigenvalue weighted by molar-refractivity contribution is 5.30. The van der Waals surface area contributed by atoms with Crippen LogP contribution >= 0.6 is 0 Å². The van der Waals surface area contributed by atoms with Crippen LogP contribution in [-0.2, 0) is 0 Å². The van der Waals surface area contributed by atoms with Crippen LogP contribution in [0.3, 0.4) is 0 Å². The average molecular weight is 297 g/mol. The van der Waals surface area contributed by atoms with Crippen LogP contribution in [0.25, 0.3) is 0 Å². The van der Waals surface area contributed by atoms with Gasteiger partial charge in [-0.25, -0.2) is 9.97 Å². The van der Waals surface area contributed by atoms with Gasteiger partial charge in [0, 0.05) is 51.2 Å². The largest absolute Gasteiger partial charge is 0.338 e. The molecule has 1 aliphatic heterocycles. The van der Waals surface area contributed by atoms with Gasteiger partial charge >= 0.3 is 0 Å². The molecule has 2 heterocycles. The number of aryl methyl sites for hydroxylation is 1. The number of aromatic nitrogens is 2. The molecule has 0 saturated carbocycles. The van der Waals surface area contributed by atoms with Gasteiger partial charge in [0.2, 0.25) is 5.95 Å². The number of piperazine rings is 1. The first-order chi connectivity index (χ1) is 10.8. The second kappa shape index (κ2) is 6.85. The molecular weight excluding hydrogens is 274 g/mol. The van der Waals surface area contributed by atoms with E-state index in [1.807, 2.05) is 6.07 Å². The van der Waals surface area contributed by atoms with E-state index in [0.717, 1.165) is 32.1 Å². The number of anilines is 1. The van der Waals surface area contributed by atoms with Crippen molar-refractivity contribution < 1.29 is 0 Å². The van der Waals surface area contributed by atoms with Crippen LogP contribution in [0.5, 0.6) is 0 Å². The van der Waals surface area contributed by atoms with Crippen molar-refractivity contribution in [1.29, 1.82) is 0 Å². The molecule has 0 bridgehead atoms. The molecule has 1 aliphatic rings. The van der Waals surface area contributed by atoms with Gasteiger partial charge in [0.15, 0.2) is 0 Å². The van der Waals surface area contributed by atoms with Crippen molar-refractivity contribution in [3.8, 4) is 0 Å². The highest BCUT2D eigenvalue weighted by Gasteiger charge is 2.24. The van der Waals surface area contributed by atoms with Gasteiger partial charge in [0.1, 0.15) is 0 Å². The number of rotatable bonds is 4. The predicted octanol–water partition coefficient (Wildman–Crippen LogP) is 1.61. The molecule has 0 aliphatic carbocycles.